The van der Waals surface area contributed by atoms with Gasteiger partial charge in [0.2, 0.25) is 0 Å². The largest absolute Gasteiger partial charge is 0.310 e. The summed E-state index contributed by atoms with van der Waals surface area (Å²) >= 11 is 0. The van der Waals surface area contributed by atoms with Crippen molar-refractivity contribution in [2.45, 2.75) is 57.8 Å². The van der Waals surface area contributed by atoms with Gasteiger partial charge in [0.1, 0.15) is 0 Å². The Kier molecular flexibility index (Phi) is 7.80. The average molecular weight is 835 g/mol. The smallest absolute Gasteiger partial charge is 0.0544 e. The topological polar surface area (TPSA) is 8.17 Å². The molecule has 312 valence electrons. The summed E-state index contributed by atoms with van der Waals surface area (Å²) in [6.45, 7) is 14.3. The van der Waals surface area contributed by atoms with Crippen LogP contribution in [0.3, 0.4) is 0 Å². The summed E-state index contributed by atoms with van der Waals surface area (Å²) in [7, 11) is 0. The number of rotatable bonds is 5. The Balaban J connectivity index is 0.943. The van der Waals surface area contributed by atoms with E-state index in [1.54, 1.807) is 0 Å². The fourth-order valence-electron chi connectivity index (χ4n) is 12.1. The normalized spacial score (nSPS) is 15.3. The Morgan fingerprint density at radius 3 is 1.42 bits per heavy atom. The highest BCUT2D eigenvalue weighted by molar-refractivity contribution is 6.11. The van der Waals surface area contributed by atoms with E-state index < -0.39 is 0 Å². The maximum absolute atomic E-state index is 2.52. The van der Waals surface area contributed by atoms with E-state index in [2.05, 4.69) is 245 Å². The van der Waals surface area contributed by atoms with Crippen molar-refractivity contribution in [2.24, 2.45) is 0 Å². The van der Waals surface area contributed by atoms with Gasteiger partial charge in [0.25, 0.3) is 0 Å². The first-order chi connectivity index (χ1) is 31.5. The molecule has 3 aliphatic carbocycles. The predicted molar refractivity (Wildman–Crippen MR) is 274 cm³/mol. The number of benzene rings is 9. The van der Waals surface area contributed by atoms with E-state index in [0.29, 0.717) is 0 Å². The summed E-state index contributed by atoms with van der Waals surface area (Å²) in [5, 5.41) is 2.59. The van der Waals surface area contributed by atoms with Crippen LogP contribution < -0.4 is 4.90 Å². The first-order valence-corrected chi connectivity index (χ1v) is 23.2. The maximum atomic E-state index is 2.52. The lowest BCUT2D eigenvalue weighted by Gasteiger charge is -2.30. The molecule has 9 aromatic carbocycles. The molecule has 0 aliphatic heterocycles. The molecule has 0 saturated heterocycles. The van der Waals surface area contributed by atoms with Crippen LogP contribution >= 0.6 is 0 Å². The first-order valence-electron chi connectivity index (χ1n) is 23.2. The highest BCUT2D eigenvalue weighted by Crippen LogP contribution is 2.55. The zero-order valence-electron chi connectivity index (χ0n) is 37.9. The maximum Gasteiger partial charge on any atom is 0.0544 e. The third-order valence-electron chi connectivity index (χ3n) is 15.6. The number of para-hydroxylation sites is 1. The number of nitrogens with zero attached hydrogens (tertiary/aromatic N) is 2. The van der Waals surface area contributed by atoms with E-state index in [1.165, 1.54) is 105 Å². The van der Waals surface area contributed by atoms with Gasteiger partial charge in [0.05, 0.1) is 11.0 Å². The van der Waals surface area contributed by atoms with E-state index >= 15 is 0 Å². The van der Waals surface area contributed by atoms with Crippen LogP contribution in [0.15, 0.2) is 194 Å². The number of hydrogen-bond acceptors (Lipinski definition) is 1. The molecule has 2 heteroatoms. The van der Waals surface area contributed by atoms with Crippen molar-refractivity contribution < 1.29 is 0 Å². The Hall–Kier alpha value is -7.42. The number of hydrogen-bond donors (Lipinski definition) is 0. The number of fused-ring (bicyclic) bond motifs is 12. The molecule has 2 nitrogen and oxygen atoms in total. The third kappa shape index (κ3) is 5.29. The van der Waals surface area contributed by atoms with Crippen molar-refractivity contribution in [3.05, 3.63) is 228 Å². The van der Waals surface area contributed by atoms with Crippen molar-refractivity contribution in [3.63, 3.8) is 0 Å². The van der Waals surface area contributed by atoms with E-state index in [1.807, 2.05) is 0 Å². The fraction of sp³-hybridized carbons (Fsp3) is 0.143. The van der Waals surface area contributed by atoms with Gasteiger partial charge >= 0.3 is 0 Å². The summed E-state index contributed by atoms with van der Waals surface area (Å²) in [6.07, 6.45) is 0. The first kappa shape index (κ1) is 38.1. The van der Waals surface area contributed by atoms with E-state index in [0.717, 1.165) is 17.1 Å². The summed E-state index contributed by atoms with van der Waals surface area (Å²) in [5.74, 6) is 0. The van der Waals surface area contributed by atoms with Gasteiger partial charge in [-0.1, -0.05) is 169 Å². The van der Waals surface area contributed by atoms with Gasteiger partial charge in [-0.2, -0.15) is 0 Å². The highest BCUT2D eigenvalue weighted by atomic mass is 15.1. The molecule has 65 heavy (non-hydrogen) atoms. The Labute approximate surface area is 382 Å². The highest BCUT2D eigenvalue weighted by Gasteiger charge is 2.39. The molecule has 0 fully saturated rings. The van der Waals surface area contributed by atoms with Crippen molar-refractivity contribution in [1.29, 1.82) is 0 Å². The molecule has 1 aromatic heterocycles. The molecule has 10 aromatic rings. The second-order valence-corrected chi connectivity index (χ2v) is 20.2. The second kappa shape index (κ2) is 13.3. The van der Waals surface area contributed by atoms with Crippen molar-refractivity contribution in [3.8, 4) is 50.2 Å². The van der Waals surface area contributed by atoms with Crippen LogP contribution in [0.1, 0.15) is 74.9 Å². The zero-order chi connectivity index (χ0) is 44.0. The van der Waals surface area contributed by atoms with Crippen LogP contribution in [0, 0.1) is 0 Å². The third-order valence-corrected chi connectivity index (χ3v) is 15.6. The molecule has 13 rings (SSSR count). The summed E-state index contributed by atoms with van der Waals surface area (Å²) in [4.78, 5) is 2.47. The molecule has 0 saturated carbocycles. The van der Waals surface area contributed by atoms with Gasteiger partial charge in [0.15, 0.2) is 0 Å². The second-order valence-electron chi connectivity index (χ2n) is 20.2. The Morgan fingerprint density at radius 2 is 0.769 bits per heavy atom. The molecular formula is C63H50N2. The van der Waals surface area contributed by atoms with E-state index in [9.17, 15) is 0 Å². The van der Waals surface area contributed by atoms with Crippen LogP contribution in [0.25, 0.3) is 72.0 Å². The molecule has 0 radical (unpaired) electrons. The lowest BCUT2D eigenvalue weighted by atomic mass is 9.82. The Morgan fingerprint density at radius 1 is 0.308 bits per heavy atom. The Bertz CT molecular complexity index is 3620. The molecule has 0 bridgehead atoms. The van der Waals surface area contributed by atoms with Crippen molar-refractivity contribution in [1.82, 2.24) is 4.57 Å². The van der Waals surface area contributed by atoms with Crippen LogP contribution in [-0.4, -0.2) is 4.57 Å². The minimum atomic E-state index is -0.245. The number of aromatic nitrogens is 1. The SMILES string of the molecule is CC1(C)c2ccccc2-c2ccc(N(c3ccc(-c4ccccc4)cc3)c3ccc4c(c3)C(C)(C)c3cc(-n5c6ccccc6c6cc7c(cc65)C(C)(C)c5ccccc5-7)ccc3-4)cc21. The monoisotopic (exact) mass is 834 g/mol. The van der Waals surface area contributed by atoms with Crippen molar-refractivity contribution in [2.75, 3.05) is 4.90 Å². The molecule has 3 aliphatic rings. The lowest BCUT2D eigenvalue weighted by molar-refractivity contribution is 0.659. The molecular weight excluding hydrogens is 785 g/mol. The van der Waals surface area contributed by atoms with Gasteiger partial charge in [-0.15, -0.1) is 0 Å². The minimum absolute atomic E-state index is 0.0838. The summed E-state index contributed by atoms with van der Waals surface area (Å²) in [6, 6.07) is 73.1. The van der Waals surface area contributed by atoms with E-state index in [-0.39, 0.29) is 16.2 Å². The standard InChI is InChI=1S/C63H50N2/c1-61(2)53-21-13-10-18-45(53)47-31-28-42(34-55(47)61)64(41-26-24-40(25-27-41)39-16-8-7-9-17-39)43-29-32-48-49-33-30-44(36-57(49)63(5,6)56(48)35-43)65-59-23-15-12-20-50(59)52-37-51-46-19-11-14-22-54(46)62(3,4)58(51)38-60(52)65/h7-38H,1-6H3. The zero-order valence-corrected chi connectivity index (χ0v) is 37.9. The van der Waals surface area contributed by atoms with Gasteiger partial charge in [-0.25, -0.2) is 0 Å². The molecule has 0 atom stereocenters. The van der Waals surface area contributed by atoms with Gasteiger partial charge in [-0.05, 0) is 145 Å². The predicted octanol–water partition coefficient (Wildman–Crippen LogP) is 16.8. The summed E-state index contributed by atoms with van der Waals surface area (Å²) < 4.78 is 2.52. The van der Waals surface area contributed by atoms with Gasteiger partial charge in [0, 0.05) is 49.8 Å². The molecule has 1 heterocycles. The van der Waals surface area contributed by atoms with Crippen LogP contribution in [-0.2, 0) is 16.2 Å². The molecule has 0 amide bonds. The van der Waals surface area contributed by atoms with Crippen LogP contribution in [0.4, 0.5) is 17.1 Å². The van der Waals surface area contributed by atoms with Gasteiger partial charge in [-0.3, -0.25) is 0 Å². The lowest BCUT2D eigenvalue weighted by Crippen LogP contribution is -2.18. The van der Waals surface area contributed by atoms with Crippen LogP contribution in [0.5, 0.6) is 0 Å². The van der Waals surface area contributed by atoms with Gasteiger partial charge < -0.3 is 9.47 Å². The van der Waals surface area contributed by atoms with Crippen LogP contribution in [0.2, 0.25) is 0 Å². The quantitative estimate of drug-likeness (QED) is 0.168. The van der Waals surface area contributed by atoms with E-state index in [4.69, 9.17) is 0 Å². The fourth-order valence-corrected chi connectivity index (χ4v) is 12.1. The van der Waals surface area contributed by atoms with Crippen molar-refractivity contribution >= 4 is 38.9 Å². The summed E-state index contributed by atoms with van der Waals surface area (Å²) in [5.41, 5.74) is 25.4. The molecule has 0 spiro atoms. The number of anilines is 3. The average Bonchev–Trinajstić information content (AvgIpc) is 3.94. The molecule has 0 unspecified atom stereocenters. The minimum Gasteiger partial charge on any atom is -0.310 e. The molecule has 0 N–H and O–H groups in total.